The van der Waals surface area contributed by atoms with Crippen LogP contribution in [0.5, 0.6) is 5.75 Å². The molecule has 0 bridgehead atoms. The van der Waals surface area contributed by atoms with Crippen molar-refractivity contribution in [3.05, 3.63) is 41.2 Å². The first-order valence-corrected chi connectivity index (χ1v) is 6.28. The smallest absolute Gasteiger partial charge is 0.174 e. The molecule has 1 aromatic rings. The maximum absolute atomic E-state index is 8.80. The summed E-state index contributed by atoms with van der Waals surface area (Å²) in [5.41, 5.74) is 5.87. The van der Waals surface area contributed by atoms with Gasteiger partial charge in [0.05, 0.1) is 6.61 Å². The van der Waals surface area contributed by atoms with Crippen LogP contribution in [0.25, 0.3) is 0 Å². The molecule has 0 amide bonds. The van der Waals surface area contributed by atoms with Gasteiger partial charge in [-0.2, -0.15) is 10.5 Å². The Bertz CT molecular complexity index is 573. The van der Waals surface area contributed by atoms with Crippen LogP contribution in [0.2, 0.25) is 0 Å². The molecule has 0 radical (unpaired) electrons. The van der Waals surface area contributed by atoms with E-state index in [0.29, 0.717) is 6.61 Å². The zero-order valence-electron chi connectivity index (χ0n) is 11.3. The average molecular weight is 268 g/mol. The van der Waals surface area contributed by atoms with E-state index in [1.54, 1.807) is 12.1 Å². The molecule has 0 saturated heterocycles. The Hall–Kier alpha value is -2.79. The maximum atomic E-state index is 8.80. The van der Waals surface area contributed by atoms with Crippen molar-refractivity contribution in [2.45, 2.75) is 19.8 Å². The van der Waals surface area contributed by atoms with Crippen molar-refractivity contribution in [3.8, 4) is 17.9 Å². The Morgan fingerprint density at radius 1 is 1.30 bits per heavy atom. The van der Waals surface area contributed by atoms with Crippen molar-refractivity contribution in [2.24, 2.45) is 10.7 Å². The van der Waals surface area contributed by atoms with Crippen molar-refractivity contribution in [3.63, 3.8) is 0 Å². The molecule has 5 heteroatoms. The van der Waals surface area contributed by atoms with Gasteiger partial charge in [0.1, 0.15) is 23.6 Å². The quantitative estimate of drug-likeness (QED) is 0.487. The third-order valence-corrected chi connectivity index (χ3v) is 2.47. The third-order valence-electron chi connectivity index (χ3n) is 2.47. The number of nitrogens with two attached hydrogens (primary N) is 1. The molecule has 102 valence electrons. The van der Waals surface area contributed by atoms with E-state index in [2.05, 4.69) is 11.9 Å². The molecule has 0 unspecified atom stereocenters. The van der Waals surface area contributed by atoms with Crippen LogP contribution in [0, 0.1) is 22.7 Å². The van der Waals surface area contributed by atoms with Gasteiger partial charge in [-0.05, 0) is 36.2 Å². The number of hydrogen-bond acceptors (Lipinski definition) is 5. The Labute approximate surface area is 118 Å². The normalized spacial score (nSPS) is 11.6. The molecule has 5 nitrogen and oxygen atoms in total. The summed E-state index contributed by atoms with van der Waals surface area (Å²) in [6, 6.07) is 10.8. The topological polar surface area (TPSA) is 95.2 Å². The highest BCUT2D eigenvalue weighted by Crippen LogP contribution is 2.12. The summed E-state index contributed by atoms with van der Waals surface area (Å²) in [6.07, 6.45) is 3.60. The van der Waals surface area contributed by atoms with E-state index in [-0.39, 0.29) is 11.4 Å². The molecule has 0 aliphatic heterocycles. The maximum Gasteiger partial charge on any atom is 0.174 e. The van der Waals surface area contributed by atoms with Gasteiger partial charge < -0.3 is 10.5 Å². The molecule has 0 aliphatic rings. The highest BCUT2D eigenvalue weighted by molar-refractivity contribution is 5.81. The lowest BCUT2D eigenvalue weighted by Crippen LogP contribution is -1.98. The van der Waals surface area contributed by atoms with E-state index in [1.807, 2.05) is 24.3 Å². The Morgan fingerprint density at radius 3 is 2.55 bits per heavy atom. The summed E-state index contributed by atoms with van der Waals surface area (Å²) in [6.45, 7) is 2.81. The van der Waals surface area contributed by atoms with E-state index in [4.69, 9.17) is 21.0 Å². The fraction of sp³-hybridized carbons (Fsp3) is 0.267. The molecule has 0 aliphatic carbocycles. The molecule has 0 aromatic heterocycles. The van der Waals surface area contributed by atoms with Crippen LogP contribution in [0.3, 0.4) is 0 Å². The van der Waals surface area contributed by atoms with Crippen LogP contribution in [0.4, 0.5) is 0 Å². The third kappa shape index (κ3) is 4.83. The minimum atomic E-state index is -0.191. The molecule has 0 spiro atoms. The highest BCUT2D eigenvalue weighted by Gasteiger charge is 1.99. The Balaban J connectivity index is 2.71. The van der Waals surface area contributed by atoms with E-state index in [0.717, 1.165) is 24.2 Å². The minimum absolute atomic E-state index is 0.0872. The van der Waals surface area contributed by atoms with Gasteiger partial charge in [0.2, 0.25) is 0 Å². The van der Waals surface area contributed by atoms with Gasteiger partial charge in [-0.1, -0.05) is 13.3 Å². The fourth-order valence-corrected chi connectivity index (χ4v) is 1.34. The summed E-state index contributed by atoms with van der Waals surface area (Å²) in [7, 11) is 0. The summed E-state index contributed by atoms with van der Waals surface area (Å²) in [5.74, 6) is 0.795. The molecule has 0 heterocycles. The van der Waals surface area contributed by atoms with Gasteiger partial charge in [0.15, 0.2) is 5.70 Å². The second kappa shape index (κ2) is 8.34. The first-order valence-electron chi connectivity index (χ1n) is 6.28. The Morgan fingerprint density at radius 2 is 2.00 bits per heavy atom. The standard InChI is InChI=1S/C15H16N4O/c1-2-3-8-20-13-6-4-12(5-7-13)11-19-15(10-17)14(18)9-16/h4-7,11H,2-3,8,18H2,1H3/b15-14+,19-11?. The monoisotopic (exact) mass is 268 g/mol. The number of rotatable bonds is 6. The van der Waals surface area contributed by atoms with E-state index in [1.165, 1.54) is 6.21 Å². The first kappa shape index (κ1) is 15.3. The summed E-state index contributed by atoms with van der Waals surface area (Å²) < 4.78 is 5.53. The molecule has 1 rings (SSSR count). The van der Waals surface area contributed by atoms with Gasteiger partial charge in [0, 0.05) is 6.21 Å². The van der Waals surface area contributed by atoms with Gasteiger partial charge in [0.25, 0.3) is 0 Å². The number of nitriles is 2. The fourth-order valence-electron chi connectivity index (χ4n) is 1.34. The van der Waals surface area contributed by atoms with Crippen LogP contribution < -0.4 is 10.5 Å². The van der Waals surface area contributed by atoms with E-state index < -0.39 is 0 Å². The van der Waals surface area contributed by atoms with E-state index in [9.17, 15) is 0 Å². The number of ether oxygens (including phenoxy) is 1. The number of benzene rings is 1. The molecule has 20 heavy (non-hydrogen) atoms. The van der Waals surface area contributed by atoms with Crippen LogP contribution >= 0.6 is 0 Å². The highest BCUT2D eigenvalue weighted by atomic mass is 16.5. The summed E-state index contributed by atoms with van der Waals surface area (Å²) in [5, 5.41) is 17.4. The lowest BCUT2D eigenvalue weighted by molar-refractivity contribution is 0.309. The van der Waals surface area contributed by atoms with Gasteiger partial charge >= 0.3 is 0 Å². The zero-order chi connectivity index (χ0) is 14.8. The van der Waals surface area contributed by atoms with Crippen LogP contribution in [0.15, 0.2) is 40.7 Å². The molecule has 1 aromatic carbocycles. The number of nitrogens with zero attached hydrogens (tertiary/aromatic N) is 3. The van der Waals surface area contributed by atoms with Crippen molar-refractivity contribution in [2.75, 3.05) is 6.61 Å². The summed E-state index contributed by atoms with van der Waals surface area (Å²) in [4.78, 5) is 3.89. The molecule has 0 atom stereocenters. The van der Waals surface area contributed by atoms with Crippen LogP contribution in [0.1, 0.15) is 25.3 Å². The molecule has 2 N–H and O–H groups in total. The second-order valence-corrected chi connectivity index (χ2v) is 4.02. The lowest BCUT2D eigenvalue weighted by Gasteiger charge is -2.04. The Kier molecular flexibility index (Phi) is 6.36. The van der Waals surface area contributed by atoms with Gasteiger partial charge in [-0.25, -0.2) is 4.99 Å². The number of unbranched alkanes of at least 4 members (excludes halogenated alkanes) is 1. The van der Waals surface area contributed by atoms with Crippen molar-refractivity contribution >= 4 is 6.21 Å². The zero-order valence-corrected chi connectivity index (χ0v) is 11.3. The molecule has 0 fully saturated rings. The van der Waals surface area contributed by atoms with Crippen molar-refractivity contribution in [1.29, 1.82) is 10.5 Å². The summed E-state index contributed by atoms with van der Waals surface area (Å²) >= 11 is 0. The lowest BCUT2D eigenvalue weighted by atomic mass is 10.2. The molecular formula is C15H16N4O. The van der Waals surface area contributed by atoms with Crippen molar-refractivity contribution in [1.82, 2.24) is 0 Å². The van der Waals surface area contributed by atoms with Crippen LogP contribution in [-0.2, 0) is 0 Å². The number of aliphatic imine (C=N–C) groups is 1. The molecular weight excluding hydrogens is 252 g/mol. The SMILES string of the molecule is CCCCOc1ccc(C=N/C(C#N)=C(/N)C#N)cc1. The predicted molar refractivity (Wildman–Crippen MR) is 76.9 cm³/mol. The van der Waals surface area contributed by atoms with Crippen LogP contribution in [-0.4, -0.2) is 12.8 Å². The van der Waals surface area contributed by atoms with Crippen molar-refractivity contribution < 1.29 is 4.74 Å². The first-order chi connectivity index (χ1) is 9.71. The van der Waals surface area contributed by atoms with Gasteiger partial charge in [-0.15, -0.1) is 0 Å². The minimum Gasteiger partial charge on any atom is -0.494 e. The van der Waals surface area contributed by atoms with E-state index >= 15 is 0 Å². The number of hydrogen-bond donors (Lipinski definition) is 1. The second-order valence-electron chi connectivity index (χ2n) is 4.02. The number of allylic oxidation sites excluding steroid dienone is 2. The average Bonchev–Trinajstić information content (AvgIpc) is 2.49. The van der Waals surface area contributed by atoms with Gasteiger partial charge in [-0.3, -0.25) is 0 Å². The largest absolute Gasteiger partial charge is 0.494 e. The predicted octanol–water partition coefficient (Wildman–Crippen LogP) is 2.50. The molecule has 0 saturated carbocycles.